The number of aryl methyl sites for hydroxylation is 1. The van der Waals surface area contributed by atoms with Crippen LogP contribution >= 0.6 is 0 Å². The van der Waals surface area contributed by atoms with Crippen molar-refractivity contribution in [2.24, 2.45) is 0 Å². The van der Waals surface area contributed by atoms with E-state index in [0.29, 0.717) is 31.6 Å². The van der Waals surface area contributed by atoms with E-state index in [9.17, 15) is 17.9 Å². The lowest BCUT2D eigenvalue weighted by molar-refractivity contribution is 0.00147. The summed E-state index contributed by atoms with van der Waals surface area (Å²) in [6.45, 7) is 4.07. The van der Waals surface area contributed by atoms with Gasteiger partial charge in [-0.05, 0) is 33.1 Å². The van der Waals surface area contributed by atoms with Crippen LogP contribution in [0, 0.1) is 5.82 Å². The number of halogens is 1. The van der Waals surface area contributed by atoms with E-state index in [4.69, 9.17) is 14.2 Å². The summed E-state index contributed by atoms with van der Waals surface area (Å²) in [5, 5.41) is 16.6. The number of aliphatic hydroxyl groups excluding tert-OH is 1. The Kier molecular flexibility index (Phi) is 9.82. The number of hydrogen-bond acceptors (Lipinski definition) is 13. The van der Waals surface area contributed by atoms with Crippen molar-refractivity contribution in [2.45, 2.75) is 57.0 Å². The number of nitrogens with zero attached hydrogens (tertiary/aromatic N) is 8. The van der Waals surface area contributed by atoms with Crippen molar-refractivity contribution >= 4 is 21.9 Å². The molecule has 0 radical (unpaired) electrons. The molecule has 4 rings (SSSR count). The standard InChI is InChI=1S/C24H34FN9O6S.H2/c1-15(2)40-17-9-18(13-33(12-17)23-26-10-16(25)11-27-23)41(36,37)32-24-31-30-19(7-5-6-8-35)34(24)20-21(38-3)28-14-29-22(20)39-4;/h10-11,14-15,17-18,35H,5-9,12-13H2,1-4H3,(H,31,32);1H/t17-,18+;/m1./s1. The number of anilines is 2. The number of unbranched alkanes of at least 4 members (excludes halogenated alkanes) is 1. The summed E-state index contributed by atoms with van der Waals surface area (Å²) in [6.07, 6.45) is 4.30. The maximum atomic E-state index is 13.9. The van der Waals surface area contributed by atoms with Crippen LogP contribution in [0.15, 0.2) is 18.7 Å². The molecule has 17 heteroatoms. The van der Waals surface area contributed by atoms with Crippen molar-refractivity contribution in [3.63, 3.8) is 0 Å². The lowest BCUT2D eigenvalue weighted by Gasteiger charge is -2.37. The number of piperidine rings is 1. The van der Waals surface area contributed by atoms with Gasteiger partial charge in [0.1, 0.15) is 17.4 Å². The molecule has 0 unspecified atom stereocenters. The Balaban J connectivity index is 0.00000484. The molecule has 0 amide bonds. The summed E-state index contributed by atoms with van der Waals surface area (Å²) < 4.78 is 62.1. The average Bonchev–Trinajstić information content (AvgIpc) is 3.33. The van der Waals surface area contributed by atoms with Gasteiger partial charge in [0.15, 0.2) is 11.5 Å². The molecule has 0 aliphatic carbocycles. The smallest absolute Gasteiger partial charge is 0.245 e. The van der Waals surface area contributed by atoms with Crippen LogP contribution in [0.2, 0.25) is 0 Å². The number of aliphatic hydroxyl groups is 1. The van der Waals surface area contributed by atoms with E-state index in [1.807, 2.05) is 13.8 Å². The summed E-state index contributed by atoms with van der Waals surface area (Å²) in [5.41, 5.74) is 0.213. The first-order valence-corrected chi connectivity index (χ1v) is 14.6. The lowest BCUT2D eigenvalue weighted by Crippen LogP contribution is -2.51. The quantitative estimate of drug-likeness (QED) is 0.270. The molecular formula is C24H36FN9O6S. The van der Waals surface area contributed by atoms with Crippen molar-refractivity contribution in [2.75, 3.05) is 43.5 Å². The first-order valence-electron chi connectivity index (χ1n) is 13.0. The van der Waals surface area contributed by atoms with Gasteiger partial charge < -0.3 is 24.2 Å². The van der Waals surface area contributed by atoms with Gasteiger partial charge in [0.2, 0.25) is 33.7 Å². The van der Waals surface area contributed by atoms with Gasteiger partial charge in [-0.15, -0.1) is 10.2 Å². The molecule has 3 aromatic rings. The average molecular weight is 598 g/mol. The molecule has 15 nitrogen and oxygen atoms in total. The highest BCUT2D eigenvalue weighted by molar-refractivity contribution is 7.93. The van der Waals surface area contributed by atoms with Gasteiger partial charge in [0, 0.05) is 27.5 Å². The van der Waals surface area contributed by atoms with Crippen LogP contribution in [0.5, 0.6) is 11.8 Å². The lowest BCUT2D eigenvalue weighted by atomic mass is 10.1. The fraction of sp³-hybridized carbons (Fsp3) is 0.583. The van der Waals surface area contributed by atoms with Crippen molar-refractivity contribution in [3.8, 4) is 17.4 Å². The van der Waals surface area contributed by atoms with Crippen molar-refractivity contribution in [1.82, 2.24) is 34.7 Å². The van der Waals surface area contributed by atoms with E-state index in [-0.39, 0.29) is 56.4 Å². The molecule has 1 fully saturated rings. The maximum Gasteiger partial charge on any atom is 0.245 e. The second-order valence-electron chi connectivity index (χ2n) is 9.61. The molecule has 1 aliphatic heterocycles. The third-order valence-corrected chi connectivity index (χ3v) is 7.99. The molecule has 4 heterocycles. The monoisotopic (exact) mass is 597 g/mol. The second-order valence-corrected chi connectivity index (χ2v) is 11.6. The molecule has 0 saturated carbocycles. The molecular weight excluding hydrogens is 561 g/mol. The molecule has 2 atom stereocenters. The van der Waals surface area contributed by atoms with E-state index >= 15 is 0 Å². The number of rotatable bonds is 13. The van der Waals surface area contributed by atoms with Crippen molar-refractivity contribution in [3.05, 3.63) is 30.4 Å². The summed E-state index contributed by atoms with van der Waals surface area (Å²) in [7, 11) is -1.30. The first-order chi connectivity index (χ1) is 19.7. The minimum absolute atomic E-state index is 0. The van der Waals surface area contributed by atoms with E-state index in [2.05, 4.69) is 34.9 Å². The zero-order chi connectivity index (χ0) is 29.6. The first kappa shape index (κ1) is 30.3. The predicted octanol–water partition coefficient (Wildman–Crippen LogP) is 1.38. The number of sulfonamides is 1. The fourth-order valence-electron chi connectivity index (χ4n) is 4.57. The Morgan fingerprint density at radius 2 is 1.78 bits per heavy atom. The summed E-state index contributed by atoms with van der Waals surface area (Å²) in [5.74, 6) is 0.0807. The zero-order valence-electron chi connectivity index (χ0n) is 23.3. The topological polar surface area (TPSA) is 180 Å². The Hall–Kier alpha value is -3.70. The largest absolute Gasteiger partial charge is 0.479 e. The van der Waals surface area contributed by atoms with Gasteiger partial charge >= 0.3 is 0 Å². The summed E-state index contributed by atoms with van der Waals surface area (Å²) in [6, 6.07) is 0. The highest BCUT2D eigenvalue weighted by Crippen LogP contribution is 2.33. The van der Waals surface area contributed by atoms with Crippen molar-refractivity contribution in [1.29, 1.82) is 0 Å². The molecule has 2 N–H and O–H groups in total. The zero-order valence-corrected chi connectivity index (χ0v) is 24.1. The minimum Gasteiger partial charge on any atom is -0.479 e. The van der Waals surface area contributed by atoms with Crippen LogP contribution in [-0.2, 0) is 21.2 Å². The van der Waals surface area contributed by atoms with Crippen LogP contribution in [-0.4, -0.2) is 99.6 Å². The van der Waals surface area contributed by atoms with Crippen LogP contribution in [0.3, 0.4) is 0 Å². The maximum absolute atomic E-state index is 13.9. The number of aromatic nitrogens is 7. The van der Waals surface area contributed by atoms with E-state index in [1.165, 1.54) is 25.1 Å². The van der Waals surface area contributed by atoms with E-state index < -0.39 is 27.2 Å². The molecule has 0 aromatic carbocycles. The van der Waals surface area contributed by atoms with E-state index in [0.717, 1.165) is 12.4 Å². The van der Waals surface area contributed by atoms with Crippen LogP contribution in [0.25, 0.3) is 5.69 Å². The highest BCUT2D eigenvalue weighted by Gasteiger charge is 2.38. The van der Waals surface area contributed by atoms with Gasteiger partial charge in [-0.1, -0.05) is 0 Å². The minimum atomic E-state index is -4.12. The normalized spacial score (nSPS) is 17.6. The molecule has 3 aromatic heterocycles. The molecule has 226 valence electrons. The number of methoxy groups -OCH3 is 2. The number of nitrogens with one attached hydrogen (secondary N) is 1. The van der Waals surface area contributed by atoms with Gasteiger partial charge in [0.05, 0.1) is 38.8 Å². The number of hydrogen-bond donors (Lipinski definition) is 2. The molecule has 41 heavy (non-hydrogen) atoms. The van der Waals surface area contributed by atoms with Gasteiger partial charge in [-0.3, -0.25) is 9.29 Å². The fourth-order valence-corrected chi connectivity index (χ4v) is 5.97. The van der Waals surface area contributed by atoms with Gasteiger partial charge in [0.25, 0.3) is 0 Å². The number of ether oxygens (including phenoxy) is 3. The third-order valence-electron chi connectivity index (χ3n) is 6.30. The molecule has 0 spiro atoms. The van der Waals surface area contributed by atoms with E-state index in [1.54, 1.807) is 4.90 Å². The predicted molar refractivity (Wildman–Crippen MR) is 147 cm³/mol. The SMILES string of the molecule is COc1ncnc(OC)c1-n1c(CCCCO)nnc1NS(=O)(=O)[C@H]1C[C@@H](OC(C)C)CN(c2ncc(F)cn2)C1.[HH]. The Morgan fingerprint density at radius 3 is 2.39 bits per heavy atom. The Morgan fingerprint density at radius 1 is 1.10 bits per heavy atom. The van der Waals surface area contributed by atoms with Crippen molar-refractivity contribution < 1.29 is 33.6 Å². The van der Waals surface area contributed by atoms with Crippen LogP contribution < -0.4 is 19.1 Å². The third kappa shape index (κ3) is 7.15. The molecule has 0 bridgehead atoms. The van der Waals surface area contributed by atoms with Gasteiger partial charge in [-0.2, -0.15) is 9.97 Å². The molecule has 1 aliphatic rings. The van der Waals surface area contributed by atoms with Crippen LogP contribution in [0.1, 0.15) is 40.4 Å². The summed E-state index contributed by atoms with van der Waals surface area (Å²) in [4.78, 5) is 18.0. The Labute approximate surface area is 238 Å². The second kappa shape index (κ2) is 13.3. The highest BCUT2D eigenvalue weighted by atomic mass is 32.2. The summed E-state index contributed by atoms with van der Waals surface area (Å²) >= 11 is 0. The van der Waals surface area contributed by atoms with Crippen LogP contribution in [0.4, 0.5) is 16.3 Å². The molecule has 1 saturated heterocycles. The Bertz CT molecular complexity index is 1390. The van der Waals surface area contributed by atoms with Gasteiger partial charge in [-0.25, -0.2) is 22.8 Å².